The lowest BCUT2D eigenvalue weighted by molar-refractivity contribution is 0.391. The summed E-state index contributed by atoms with van der Waals surface area (Å²) in [7, 11) is 1.66. The zero-order valence-electron chi connectivity index (χ0n) is 16.4. The van der Waals surface area contributed by atoms with E-state index in [-0.39, 0.29) is 0 Å². The third-order valence-electron chi connectivity index (χ3n) is 4.55. The largest absolute Gasteiger partial charge is 0.497 e. The molecule has 2 aromatic heterocycles. The first-order chi connectivity index (χ1) is 14.2. The van der Waals surface area contributed by atoms with Crippen molar-refractivity contribution >= 4 is 11.8 Å². The molecule has 0 radical (unpaired) electrons. The van der Waals surface area contributed by atoms with Gasteiger partial charge in [0.2, 0.25) is 0 Å². The van der Waals surface area contributed by atoms with Gasteiger partial charge < -0.3 is 13.8 Å². The van der Waals surface area contributed by atoms with Crippen LogP contribution in [0.3, 0.4) is 0 Å². The number of ether oxygens (including phenoxy) is 1. The number of hydrogen-bond acceptors (Lipinski definition) is 6. The normalized spacial score (nSPS) is 11.0. The number of rotatable bonds is 8. The van der Waals surface area contributed by atoms with E-state index in [0.717, 1.165) is 46.7 Å². The fraction of sp³-hybridized carbons (Fsp3) is 0.227. The highest BCUT2D eigenvalue weighted by molar-refractivity contribution is 7.98. The van der Waals surface area contributed by atoms with Crippen molar-refractivity contribution in [2.24, 2.45) is 0 Å². The van der Waals surface area contributed by atoms with E-state index in [4.69, 9.17) is 9.26 Å². The highest BCUT2D eigenvalue weighted by Gasteiger charge is 2.15. The maximum absolute atomic E-state index is 5.33. The molecule has 0 saturated carbocycles. The van der Waals surface area contributed by atoms with E-state index < -0.39 is 0 Å². The minimum absolute atomic E-state index is 0.660. The predicted octanol–water partition coefficient (Wildman–Crippen LogP) is 4.79. The molecule has 0 fully saturated rings. The maximum Gasteiger partial charge on any atom is 0.191 e. The van der Waals surface area contributed by atoms with E-state index in [0.29, 0.717) is 5.75 Å². The molecule has 6 nitrogen and oxygen atoms in total. The summed E-state index contributed by atoms with van der Waals surface area (Å²) in [5.41, 5.74) is 3.17. The zero-order chi connectivity index (χ0) is 20.1. The van der Waals surface area contributed by atoms with Crippen molar-refractivity contribution in [1.29, 1.82) is 0 Å². The summed E-state index contributed by atoms with van der Waals surface area (Å²) in [6.45, 7) is 2.71. The van der Waals surface area contributed by atoms with Crippen molar-refractivity contribution in [3.05, 3.63) is 77.7 Å². The molecule has 0 amide bonds. The molecule has 4 rings (SSSR count). The van der Waals surface area contributed by atoms with Gasteiger partial charge in [-0.3, -0.25) is 0 Å². The highest BCUT2D eigenvalue weighted by atomic mass is 32.2. The Morgan fingerprint density at radius 1 is 1.03 bits per heavy atom. The van der Waals surface area contributed by atoms with Crippen LogP contribution in [0.1, 0.15) is 17.0 Å². The molecule has 0 aliphatic carbocycles. The second-order valence-electron chi connectivity index (χ2n) is 6.65. The third-order valence-corrected chi connectivity index (χ3v) is 5.54. The minimum Gasteiger partial charge on any atom is -0.497 e. The molecule has 29 heavy (non-hydrogen) atoms. The number of thioether (sulfide) groups is 1. The van der Waals surface area contributed by atoms with Crippen molar-refractivity contribution in [2.75, 3.05) is 7.11 Å². The van der Waals surface area contributed by atoms with Crippen molar-refractivity contribution in [3.63, 3.8) is 0 Å². The van der Waals surface area contributed by atoms with Gasteiger partial charge in [-0.05, 0) is 43.2 Å². The lowest BCUT2D eigenvalue weighted by atomic mass is 10.1. The fourth-order valence-corrected chi connectivity index (χ4v) is 3.90. The van der Waals surface area contributed by atoms with Crippen molar-refractivity contribution < 1.29 is 9.26 Å². The molecule has 2 aromatic carbocycles. The Hall–Kier alpha value is -3.06. The van der Waals surface area contributed by atoms with Crippen molar-refractivity contribution in [3.8, 4) is 17.1 Å². The zero-order valence-corrected chi connectivity index (χ0v) is 17.2. The summed E-state index contributed by atoms with van der Waals surface area (Å²) < 4.78 is 12.8. The van der Waals surface area contributed by atoms with Crippen LogP contribution in [0.2, 0.25) is 0 Å². The number of nitrogens with zero attached hydrogens (tertiary/aromatic N) is 4. The topological polar surface area (TPSA) is 66.0 Å². The molecule has 0 aliphatic rings. The summed E-state index contributed by atoms with van der Waals surface area (Å²) in [4.78, 5) is 0. The van der Waals surface area contributed by atoms with E-state index in [2.05, 4.69) is 44.2 Å². The van der Waals surface area contributed by atoms with Crippen LogP contribution in [0.15, 0.2) is 70.3 Å². The Labute approximate surface area is 173 Å². The summed E-state index contributed by atoms with van der Waals surface area (Å²) in [5.74, 6) is 3.16. The number of benzene rings is 2. The summed E-state index contributed by atoms with van der Waals surface area (Å²) in [6, 6.07) is 20.3. The smallest absolute Gasteiger partial charge is 0.191 e. The predicted molar refractivity (Wildman–Crippen MR) is 113 cm³/mol. The number of methoxy groups -OCH3 is 1. The molecule has 0 atom stereocenters. The van der Waals surface area contributed by atoms with Crippen molar-refractivity contribution in [2.45, 2.75) is 30.8 Å². The lowest BCUT2D eigenvalue weighted by Crippen LogP contribution is -2.05. The van der Waals surface area contributed by atoms with Crippen LogP contribution in [-0.2, 0) is 18.7 Å². The van der Waals surface area contributed by atoms with Crippen LogP contribution >= 0.6 is 11.8 Å². The average Bonchev–Trinajstić information content (AvgIpc) is 3.37. The summed E-state index contributed by atoms with van der Waals surface area (Å²) in [5, 5.41) is 13.7. The summed E-state index contributed by atoms with van der Waals surface area (Å²) in [6.07, 6.45) is 0.900. The maximum atomic E-state index is 5.33. The van der Waals surface area contributed by atoms with Crippen LogP contribution in [0.5, 0.6) is 5.75 Å². The number of aryl methyl sites for hydroxylation is 2. The molecule has 0 spiro atoms. The second-order valence-corrected chi connectivity index (χ2v) is 7.59. The van der Waals surface area contributed by atoms with Gasteiger partial charge in [0.1, 0.15) is 11.5 Å². The third kappa shape index (κ3) is 4.68. The van der Waals surface area contributed by atoms with Gasteiger partial charge in [0, 0.05) is 18.2 Å². The molecular weight excluding hydrogens is 384 g/mol. The van der Waals surface area contributed by atoms with Gasteiger partial charge in [-0.15, -0.1) is 10.2 Å². The molecule has 2 heterocycles. The Balaban J connectivity index is 1.59. The van der Waals surface area contributed by atoms with Crippen LogP contribution in [-0.4, -0.2) is 27.0 Å². The quantitative estimate of drug-likeness (QED) is 0.392. The molecular formula is C22H22N4O2S. The monoisotopic (exact) mass is 406 g/mol. The molecule has 0 saturated heterocycles. The van der Waals surface area contributed by atoms with Gasteiger partial charge >= 0.3 is 0 Å². The Bertz CT molecular complexity index is 1060. The lowest BCUT2D eigenvalue weighted by Gasteiger charge is -2.10. The van der Waals surface area contributed by atoms with Gasteiger partial charge in [0.05, 0.1) is 18.6 Å². The van der Waals surface area contributed by atoms with Gasteiger partial charge in [-0.25, -0.2) is 0 Å². The van der Waals surface area contributed by atoms with Gasteiger partial charge in [-0.2, -0.15) is 0 Å². The Kier molecular flexibility index (Phi) is 5.95. The average molecular weight is 407 g/mol. The van der Waals surface area contributed by atoms with Crippen LogP contribution in [0.25, 0.3) is 11.4 Å². The van der Waals surface area contributed by atoms with Crippen molar-refractivity contribution in [1.82, 2.24) is 19.9 Å². The van der Waals surface area contributed by atoms with Gasteiger partial charge in [-0.1, -0.05) is 47.3 Å². The van der Waals surface area contributed by atoms with E-state index in [1.807, 2.05) is 43.3 Å². The molecule has 0 bridgehead atoms. The fourth-order valence-electron chi connectivity index (χ4n) is 3.06. The van der Waals surface area contributed by atoms with Gasteiger partial charge in [0.25, 0.3) is 0 Å². The van der Waals surface area contributed by atoms with E-state index >= 15 is 0 Å². The Morgan fingerprint density at radius 2 is 1.83 bits per heavy atom. The molecule has 0 N–H and O–H groups in total. The highest BCUT2D eigenvalue weighted by Crippen LogP contribution is 2.28. The van der Waals surface area contributed by atoms with E-state index in [9.17, 15) is 0 Å². The first-order valence-electron chi connectivity index (χ1n) is 9.39. The molecule has 7 heteroatoms. The van der Waals surface area contributed by atoms with Crippen LogP contribution in [0.4, 0.5) is 0 Å². The van der Waals surface area contributed by atoms with E-state index in [1.165, 1.54) is 5.56 Å². The SMILES string of the molecule is COc1ccc(-c2nnc(SCc3cc(C)no3)n2CCc2ccccc2)cc1. The number of aromatic nitrogens is 4. The molecule has 4 aromatic rings. The van der Waals surface area contributed by atoms with E-state index in [1.54, 1.807) is 18.9 Å². The molecule has 148 valence electrons. The first kappa shape index (κ1) is 19.3. The Morgan fingerprint density at radius 3 is 2.52 bits per heavy atom. The van der Waals surface area contributed by atoms with Crippen LogP contribution < -0.4 is 4.74 Å². The molecule has 0 aliphatic heterocycles. The molecule has 0 unspecified atom stereocenters. The van der Waals surface area contributed by atoms with Crippen LogP contribution in [0, 0.1) is 6.92 Å². The summed E-state index contributed by atoms with van der Waals surface area (Å²) >= 11 is 1.60. The minimum atomic E-state index is 0.660. The van der Waals surface area contributed by atoms with Gasteiger partial charge in [0.15, 0.2) is 11.0 Å². The standard InChI is InChI=1S/C22H22N4O2S/c1-16-14-20(28-25-16)15-29-22-24-23-21(18-8-10-19(27-2)11-9-18)26(22)13-12-17-6-4-3-5-7-17/h3-11,14H,12-13,15H2,1-2H3. The first-order valence-corrected chi connectivity index (χ1v) is 10.4. The number of hydrogen-bond donors (Lipinski definition) is 0. The second kappa shape index (κ2) is 8.96.